The molecular weight excluding hydrogens is 410 g/mol. The number of benzene rings is 1. The highest BCUT2D eigenvalue weighted by Gasteiger charge is 2.34. The van der Waals surface area contributed by atoms with Gasteiger partial charge in [-0.2, -0.15) is 13.2 Å². The first-order valence-corrected chi connectivity index (χ1v) is 9.23. The molecule has 0 atom stereocenters. The molecule has 3 aromatic rings. The third-order valence-corrected chi connectivity index (χ3v) is 5.16. The van der Waals surface area contributed by atoms with Gasteiger partial charge in [0.2, 0.25) is 5.91 Å². The van der Waals surface area contributed by atoms with Crippen LogP contribution in [0, 0.1) is 12.7 Å². The van der Waals surface area contributed by atoms with Gasteiger partial charge in [-0.15, -0.1) is 11.3 Å². The Kier molecular flexibility index (Phi) is 5.83. The molecule has 5 nitrogen and oxygen atoms in total. The summed E-state index contributed by atoms with van der Waals surface area (Å²) in [6.07, 6.45) is -3.41. The van der Waals surface area contributed by atoms with E-state index in [0.717, 1.165) is 28.5 Å². The van der Waals surface area contributed by atoms with Gasteiger partial charge < -0.3 is 9.88 Å². The molecule has 10 heteroatoms. The van der Waals surface area contributed by atoms with E-state index in [4.69, 9.17) is 0 Å². The van der Waals surface area contributed by atoms with Crippen LogP contribution in [0.2, 0.25) is 0 Å². The zero-order chi connectivity index (χ0) is 21.2. The number of amides is 1. The summed E-state index contributed by atoms with van der Waals surface area (Å²) in [5.41, 5.74) is -1.56. The Balaban J connectivity index is 1.73. The third kappa shape index (κ3) is 4.89. The van der Waals surface area contributed by atoms with E-state index < -0.39 is 29.8 Å². The van der Waals surface area contributed by atoms with Gasteiger partial charge in [0.1, 0.15) is 17.9 Å². The lowest BCUT2D eigenvalue weighted by Gasteiger charge is -2.09. The molecule has 2 aromatic heterocycles. The smallest absolute Gasteiger partial charge is 0.306 e. The highest BCUT2D eigenvalue weighted by Crippen LogP contribution is 2.27. The fourth-order valence-electron chi connectivity index (χ4n) is 2.65. The molecule has 0 spiro atoms. The van der Waals surface area contributed by atoms with E-state index in [9.17, 15) is 27.2 Å². The van der Waals surface area contributed by atoms with E-state index in [0.29, 0.717) is 28.3 Å². The van der Waals surface area contributed by atoms with Crippen LogP contribution >= 0.6 is 11.3 Å². The maximum atomic E-state index is 13.8. The van der Waals surface area contributed by atoms with Gasteiger partial charge in [0.25, 0.3) is 5.56 Å². The van der Waals surface area contributed by atoms with E-state index in [1.807, 2.05) is 0 Å². The lowest BCUT2D eigenvalue weighted by molar-refractivity contribution is -0.139. The second-order valence-electron chi connectivity index (χ2n) is 6.20. The summed E-state index contributed by atoms with van der Waals surface area (Å²) < 4.78 is 53.0. The minimum atomic E-state index is -4.80. The van der Waals surface area contributed by atoms with Crippen LogP contribution in [-0.4, -0.2) is 15.5 Å². The molecule has 0 aliphatic rings. The van der Waals surface area contributed by atoms with Crippen LogP contribution in [-0.2, 0) is 23.9 Å². The van der Waals surface area contributed by atoms with Gasteiger partial charge in [-0.25, -0.2) is 9.37 Å². The number of nitrogens with one attached hydrogen (secondary N) is 1. The number of pyridine rings is 1. The van der Waals surface area contributed by atoms with Crippen LogP contribution in [0.4, 0.5) is 22.7 Å². The number of halogens is 4. The number of thiazole rings is 1. The van der Waals surface area contributed by atoms with E-state index in [2.05, 4.69) is 10.3 Å². The minimum Gasteiger partial charge on any atom is -0.306 e. The van der Waals surface area contributed by atoms with Crippen molar-refractivity contribution in [3.63, 3.8) is 0 Å². The van der Waals surface area contributed by atoms with Crippen LogP contribution in [0.25, 0.3) is 0 Å². The molecule has 1 N–H and O–H groups in total. The number of anilines is 1. The van der Waals surface area contributed by atoms with Crippen molar-refractivity contribution >= 4 is 22.4 Å². The largest absolute Gasteiger partial charge is 0.421 e. The van der Waals surface area contributed by atoms with Gasteiger partial charge in [-0.1, -0.05) is 18.2 Å². The molecule has 0 unspecified atom stereocenters. The zero-order valence-corrected chi connectivity index (χ0v) is 15.9. The predicted molar refractivity (Wildman–Crippen MR) is 100 cm³/mol. The fraction of sp³-hybridized carbons (Fsp3) is 0.211. The second kappa shape index (κ2) is 8.16. The first-order valence-electron chi connectivity index (χ1n) is 8.41. The maximum absolute atomic E-state index is 13.8. The van der Waals surface area contributed by atoms with Gasteiger partial charge in [0.15, 0.2) is 5.13 Å². The molecule has 1 amide bonds. The fourth-order valence-corrected chi connectivity index (χ4v) is 3.65. The average Bonchev–Trinajstić information content (AvgIpc) is 2.96. The lowest BCUT2D eigenvalue weighted by Crippen LogP contribution is -2.31. The Bertz CT molecular complexity index is 1110. The zero-order valence-electron chi connectivity index (χ0n) is 15.1. The molecule has 3 rings (SSSR count). The second-order valence-corrected chi connectivity index (χ2v) is 7.28. The summed E-state index contributed by atoms with van der Waals surface area (Å²) in [4.78, 5) is 29.0. The summed E-state index contributed by atoms with van der Waals surface area (Å²) in [5.74, 6) is -1.05. The van der Waals surface area contributed by atoms with Crippen molar-refractivity contribution in [3.05, 3.63) is 80.5 Å². The topological polar surface area (TPSA) is 64.0 Å². The number of aromatic nitrogens is 2. The number of rotatable bonds is 5. The Hall–Kier alpha value is -3.01. The van der Waals surface area contributed by atoms with Crippen molar-refractivity contribution in [2.24, 2.45) is 0 Å². The maximum Gasteiger partial charge on any atom is 0.421 e. The average molecular weight is 425 g/mol. The highest BCUT2D eigenvalue weighted by atomic mass is 32.1. The molecular formula is C19H15F4N3O2S. The summed E-state index contributed by atoms with van der Waals surface area (Å²) in [6, 6.07) is 8.01. The quantitative estimate of drug-likeness (QED) is 0.629. The van der Waals surface area contributed by atoms with E-state index in [-0.39, 0.29) is 10.9 Å². The number of carbonyl (C=O) groups is 1. The van der Waals surface area contributed by atoms with Gasteiger partial charge >= 0.3 is 6.18 Å². The third-order valence-electron chi connectivity index (χ3n) is 4.09. The first kappa shape index (κ1) is 20.7. The summed E-state index contributed by atoms with van der Waals surface area (Å²) >= 11 is 1.14. The van der Waals surface area contributed by atoms with Crippen molar-refractivity contribution in [2.75, 3.05) is 5.32 Å². The number of alkyl halides is 3. The molecule has 0 aliphatic carbocycles. The lowest BCUT2D eigenvalue weighted by atomic mass is 10.1. The number of nitrogens with zero attached hydrogens (tertiary/aromatic N) is 2. The van der Waals surface area contributed by atoms with Crippen molar-refractivity contribution in [3.8, 4) is 0 Å². The Morgan fingerprint density at radius 3 is 2.62 bits per heavy atom. The highest BCUT2D eigenvalue weighted by molar-refractivity contribution is 7.15. The summed E-state index contributed by atoms with van der Waals surface area (Å²) in [6.45, 7) is 1.11. The Labute approximate surface area is 166 Å². The SMILES string of the molecule is Cc1nc(NC(=O)Cn2cccc(C(F)(F)F)c2=O)sc1Cc1ccccc1F. The molecule has 0 bridgehead atoms. The van der Waals surface area contributed by atoms with Crippen molar-refractivity contribution in [1.82, 2.24) is 9.55 Å². The summed E-state index contributed by atoms with van der Waals surface area (Å²) in [5, 5.41) is 2.69. The van der Waals surface area contributed by atoms with Crippen LogP contribution in [0.3, 0.4) is 0 Å². The monoisotopic (exact) mass is 425 g/mol. The molecule has 0 radical (unpaired) electrons. The molecule has 1 aromatic carbocycles. The van der Waals surface area contributed by atoms with Gasteiger partial charge in [-0.3, -0.25) is 9.59 Å². The first-order chi connectivity index (χ1) is 13.6. The van der Waals surface area contributed by atoms with Crippen LogP contribution in [0.1, 0.15) is 21.7 Å². The standard InChI is InChI=1S/C19H15F4N3O2S/c1-11-15(9-12-5-2-3-7-14(12)20)29-18(24-11)25-16(27)10-26-8-4-6-13(17(26)28)19(21,22)23/h2-8H,9-10H2,1H3,(H,24,25,27). The van der Waals surface area contributed by atoms with E-state index >= 15 is 0 Å². The predicted octanol–water partition coefficient (Wildman–Crippen LogP) is 4.00. The van der Waals surface area contributed by atoms with Crippen molar-refractivity contribution < 1.29 is 22.4 Å². The summed E-state index contributed by atoms with van der Waals surface area (Å²) in [7, 11) is 0. The molecule has 0 aliphatic heterocycles. The minimum absolute atomic E-state index is 0.221. The molecule has 0 saturated heterocycles. The molecule has 29 heavy (non-hydrogen) atoms. The van der Waals surface area contributed by atoms with E-state index in [1.165, 1.54) is 6.07 Å². The van der Waals surface area contributed by atoms with Gasteiger partial charge in [-0.05, 0) is 30.7 Å². The van der Waals surface area contributed by atoms with Gasteiger partial charge in [0.05, 0.1) is 5.69 Å². The molecule has 152 valence electrons. The van der Waals surface area contributed by atoms with Crippen molar-refractivity contribution in [2.45, 2.75) is 26.1 Å². The number of hydrogen-bond acceptors (Lipinski definition) is 4. The molecule has 2 heterocycles. The Morgan fingerprint density at radius 1 is 1.21 bits per heavy atom. The number of aryl methyl sites for hydroxylation is 1. The van der Waals surface area contributed by atoms with Crippen LogP contribution in [0.5, 0.6) is 0 Å². The van der Waals surface area contributed by atoms with Crippen molar-refractivity contribution in [1.29, 1.82) is 0 Å². The molecule has 0 saturated carbocycles. The number of hydrogen-bond donors (Lipinski definition) is 1. The Morgan fingerprint density at radius 2 is 1.93 bits per heavy atom. The van der Waals surface area contributed by atoms with Crippen LogP contribution in [0.15, 0.2) is 47.4 Å². The molecule has 0 fully saturated rings. The number of carbonyl (C=O) groups excluding carboxylic acids is 1. The van der Waals surface area contributed by atoms with Crippen LogP contribution < -0.4 is 10.9 Å². The van der Waals surface area contributed by atoms with E-state index in [1.54, 1.807) is 25.1 Å². The van der Waals surface area contributed by atoms with Gasteiger partial charge in [0, 0.05) is 17.5 Å². The normalized spacial score (nSPS) is 11.5.